The Bertz CT molecular complexity index is 730. The van der Waals surface area contributed by atoms with Crippen LogP contribution in [0.4, 0.5) is 5.69 Å². The van der Waals surface area contributed by atoms with Gasteiger partial charge >= 0.3 is 0 Å². The summed E-state index contributed by atoms with van der Waals surface area (Å²) in [4.78, 5) is 32.9. The van der Waals surface area contributed by atoms with Gasteiger partial charge in [-0.2, -0.15) is 0 Å². The second-order valence-corrected chi connectivity index (χ2v) is 5.06. The van der Waals surface area contributed by atoms with Crippen molar-refractivity contribution >= 4 is 11.5 Å². The van der Waals surface area contributed by atoms with Gasteiger partial charge in [0.1, 0.15) is 0 Å². The molecule has 0 N–H and O–H groups in total. The molecule has 0 amide bonds. The Kier molecular flexibility index (Phi) is 5.14. The lowest BCUT2D eigenvalue weighted by Crippen LogP contribution is -2.16. The van der Waals surface area contributed by atoms with Crippen LogP contribution in [0.1, 0.15) is 28.3 Å². The van der Waals surface area contributed by atoms with E-state index in [0.717, 1.165) is 0 Å². The first-order valence-electron chi connectivity index (χ1n) is 6.92. The second-order valence-electron chi connectivity index (χ2n) is 5.06. The van der Waals surface area contributed by atoms with Crippen LogP contribution in [0, 0.1) is 20.2 Å². The standard InChI is InChI=1S/C16H14N2O5/c19-16(13-7-4-8-15(9-13)18(22)23)10-14(11-17(20)21)12-5-2-1-3-6-12/h1-9,14H,10-11H2/t14-/m0/s1. The smallest absolute Gasteiger partial charge is 0.270 e. The first kappa shape index (κ1) is 16.3. The summed E-state index contributed by atoms with van der Waals surface area (Å²) in [5.41, 5.74) is 0.702. The van der Waals surface area contributed by atoms with Crippen molar-refractivity contribution in [2.75, 3.05) is 6.54 Å². The van der Waals surface area contributed by atoms with E-state index in [1.54, 1.807) is 30.3 Å². The van der Waals surface area contributed by atoms with E-state index in [-0.39, 0.29) is 30.0 Å². The summed E-state index contributed by atoms with van der Waals surface area (Å²) in [6, 6.07) is 14.1. The Morgan fingerprint density at radius 2 is 1.70 bits per heavy atom. The molecule has 2 aromatic carbocycles. The third kappa shape index (κ3) is 4.44. The van der Waals surface area contributed by atoms with Crippen molar-refractivity contribution in [3.63, 3.8) is 0 Å². The number of carbonyl (C=O) groups excluding carboxylic acids is 1. The zero-order chi connectivity index (χ0) is 16.8. The molecule has 2 rings (SSSR count). The van der Waals surface area contributed by atoms with E-state index in [2.05, 4.69) is 0 Å². The van der Waals surface area contributed by atoms with Crippen molar-refractivity contribution in [2.24, 2.45) is 0 Å². The summed E-state index contributed by atoms with van der Waals surface area (Å²) in [7, 11) is 0. The average Bonchev–Trinajstić information content (AvgIpc) is 2.54. The number of nitrogens with zero attached hydrogens (tertiary/aromatic N) is 2. The molecule has 118 valence electrons. The van der Waals surface area contributed by atoms with Gasteiger partial charge in [0.15, 0.2) is 5.78 Å². The van der Waals surface area contributed by atoms with Crippen LogP contribution in [0.3, 0.4) is 0 Å². The second kappa shape index (κ2) is 7.26. The molecule has 0 fully saturated rings. The maximum atomic E-state index is 12.3. The molecule has 23 heavy (non-hydrogen) atoms. The topological polar surface area (TPSA) is 103 Å². The number of hydrogen-bond acceptors (Lipinski definition) is 5. The monoisotopic (exact) mass is 314 g/mol. The highest BCUT2D eigenvalue weighted by Crippen LogP contribution is 2.23. The van der Waals surface area contributed by atoms with Crippen molar-refractivity contribution in [1.82, 2.24) is 0 Å². The summed E-state index contributed by atoms with van der Waals surface area (Å²) in [6.45, 7) is -0.370. The molecule has 0 spiro atoms. The quantitative estimate of drug-likeness (QED) is 0.443. The number of non-ortho nitro benzene ring substituents is 1. The minimum atomic E-state index is -0.581. The SMILES string of the molecule is O=C(C[C@@H](C[N+](=O)[O-])c1ccccc1)c1cccc([N+](=O)[O-])c1. The van der Waals surface area contributed by atoms with Crippen LogP contribution in [0.2, 0.25) is 0 Å². The van der Waals surface area contributed by atoms with Gasteiger partial charge in [0.2, 0.25) is 6.54 Å². The van der Waals surface area contributed by atoms with Crippen LogP contribution in [-0.2, 0) is 0 Å². The normalized spacial score (nSPS) is 11.7. The fourth-order valence-corrected chi connectivity index (χ4v) is 2.33. The van der Waals surface area contributed by atoms with Crippen molar-refractivity contribution in [2.45, 2.75) is 12.3 Å². The predicted molar refractivity (Wildman–Crippen MR) is 83.1 cm³/mol. The van der Waals surface area contributed by atoms with Crippen LogP contribution >= 0.6 is 0 Å². The third-order valence-electron chi connectivity index (χ3n) is 3.45. The van der Waals surface area contributed by atoms with E-state index in [4.69, 9.17) is 0 Å². The molecule has 1 atom stereocenters. The number of nitro groups is 2. The van der Waals surface area contributed by atoms with Crippen LogP contribution in [0.5, 0.6) is 0 Å². The summed E-state index contributed by atoms with van der Waals surface area (Å²) in [5, 5.41) is 21.6. The van der Waals surface area contributed by atoms with E-state index in [0.29, 0.717) is 5.56 Å². The van der Waals surface area contributed by atoms with Gasteiger partial charge in [-0.3, -0.25) is 25.0 Å². The molecule has 7 heteroatoms. The van der Waals surface area contributed by atoms with Gasteiger partial charge in [-0.25, -0.2) is 0 Å². The van der Waals surface area contributed by atoms with Crippen LogP contribution in [-0.4, -0.2) is 22.2 Å². The highest BCUT2D eigenvalue weighted by molar-refractivity contribution is 5.97. The van der Waals surface area contributed by atoms with Gasteiger partial charge in [0, 0.05) is 29.0 Å². The number of benzene rings is 2. The number of nitro benzene ring substituents is 1. The fourth-order valence-electron chi connectivity index (χ4n) is 2.33. The Morgan fingerprint density at radius 3 is 2.30 bits per heavy atom. The lowest BCUT2D eigenvalue weighted by atomic mass is 9.91. The fraction of sp³-hybridized carbons (Fsp3) is 0.188. The van der Waals surface area contributed by atoms with E-state index >= 15 is 0 Å². The zero-order valence-corrected chi connectivity index (χ0v) is 12.1. The Hall–Kier alpha value is -3.09. The van der Waals surface area contributed by atoms with Gasteiger partial charge < -0.3 is 0 Å². The molecule has 7 nitrogen and oxygen atoms in total. The van der Waals surface area contributed by atoms with Crippen molar-refractivity contribution < 1.29 is 14.6 Å². The molecule has 0 aliphatic rings. The molecule has 0 saturated carbocycles. The molecule has 0 heterocycles. The first-order chi connectivity index (χ1) is 11.0. The highest BCUT2D eigenvalue weighted by Gasteiger charge is 2.22. The maximum Gasteiger partial charge on any atom is 0.270 e. The summed E-state index contributed by atoms with van der Waals surface area (Å²) in [6.07, 6.45) is -0.0772. The molecule has 0 aromatic heterocycles. The highest BCUT2D eigenvalue weighted by atomic mass is 16.6. The van der Waals surface area contributed by atoms with Crippen molar-refractivity contribution in [3.05, 3.63) is 86.0 Å². The molecule has 2 aromatic rings. The molecule has 0 radical (unpaired) electrons. The van der Waals surface area contributed by atoms with E-state index in [9.17, 15) is 25.0 Å². The Labute approximate surface area is 131 Å². The minimum Gasteiger partial charge on any atom is -0.294 e. The van der Waals surface area contributed by atoms with Crippen LogP contribution in [0.15, 0.2) is 54.6 Å². The molecule has 0 unspecified atom stereocenters. The van der Waals surface area contributed by atoms with Crippen LogP contribution < -0.4 is 0 Å². The van der Waals surface area contributed by atoms with E-state index in [1.165, 1.54) is 24.3 Å². The summed E-state index contributed by atoms with van der Waals surface area (Å²) in [5.74, 6) is -0.928. The van der Waals surface area contributed by atoms with Gasteiger partial charge in [-0.05, 0) is 5.56 Å². The number of carbonyl (C=O) groups is 1. The number of Topliss-reactive ketones (excluding diaryl/α,β-unsaturated/α-hetero) is 1. The molecule has 0 aliphatic carbocycles. The van der Waals surface area contributed by atoms with Gasteiger partial charge in [-0.15, -0.1) is 0 Å². The van der Waals surface area contributed by atoms with Crippen molar-refractivity contribution in [3.8, 4) is 0 Å². The Balaban J connectivity index is 2.22. The molecule has 0 aliphatic heterocycles. The number of ketones is 1. The van der Waals surface area contributed by atoms with Gasteiger partial charge in [0.05, 0.1) is 10.8 Å². The molecule has 0 bridgehead atoms. The Morgan fingerprint density at radius 1 is 1.00 bits per heavy atom. The molecule has 0 saturated heterocycles. The van der Waals surface area contributed by atoms with Gasteiger partial charge in [-0.1, -0.05) is 42.5 Å². The van der Waals surface area contributed by atoms with Crippen LogP contribution in [0.25, 0.3) is 0 Å². The van der Waals surface area contributed by atoms with E-state index in [1.807, 2.05) is 0 Å². The average molecular weight is 314 g/mol. The van der Waals surface area contributed by atoms with Crippen molar-refractivity contribution in [1.29, 1.82) is 0 Å². The zero-order valence-electron chi connectivity index (χ0n) is 12.1. The third-order valence-corrected chi connectivity index (χ3v) is 3.45. The van der Waals surface area contributed by atoms with Gasteiger partial charge in [0.25, 0.3) is 5.69 Å². The largest absolute Gasteiger partial charge is 0.294 e. The number of hydrogen-bond donors (Lipinski definition) is 0. The first-order valence-corrected chi connectivity index (χ1v) is 6.92. The summed E-state index contributed by atoms with van der Waals surface area (Å²) < 4.78 is 0. The molecular weight excluding hydrogens is 300 g/mol. The van der Waals surface area contributed by atoms with E-state index < -0.39 is 15.8 Å². The number of rotatable bonds is 7. The summed E-state index contributed by atoms with van der Waals surface area (Å²) >= 11 is 0. The lowest BCUT2D eigenvalue weighted by molar-refractivity contribution is -0.483. The molecular formula is C16H14N2O5. The maximum absolute atomic E-state index is 12.3. The predicted octanol–water partition coefficient (Wildman–Crippen LogP) is 3.23. The lowest BCUT2D eigenvalue weighted by Gasteiger charge is -2.12. The minimum absolute atomic E-state index is 0.0772.